The summed E-state index contributed by atoms with van der Waals surface area (Å²) in [6, 6.07) is 20.4. The Morgan fingerprint density at radius 2 is 1.86 bits per heavy atom. The third kappa shape index (κ3) is 4.12. The minimum absolute atomic E-state index is 0.0393. The van der Waals surface area contributed by atoms with Crippen LogP contribution in [0, 0.1) is 6.92 Å². The first-order valence-corrected chi connectivity index (χ1v) is 9.57. The van der Waals surface area contributed by atoms with Gasteiger partial charge in [-0.25, -0.2) is 4.57 Å². The first-order valence-electron chi connectivity index (χ1n) is 9.57. The maximum absolute atomic E-state index is 12.4. The van der Waals surface area contributed by atoms with Gasteiger partial charge in [0.25, 0.3) is 5.91 Å². The van der Waals surface area contributed by atoms with Crippen LogP contribution in [0.2, 0.25) is 0 Å². The number of para-hydroxylation sites is 1. The van der Waals surface area contributed by atoms with E-state index in [9.17, 15) is 4.79 Å². The topological polar surface area (TPSA) is 48.8 Å². The molecule has 0 aliphatic carbocycles. The molecule has 4 rings (SSSR count). The number of aromatic nitrogens is 2. The number of nitrogens with zero attached hydrogens (tertiary/aromatic N) is 1. The van der Waals surface area contributed by atoms with Crippen LogP contribution in [-0.4, -0.2) is 17.4 Å². The van der Waals surface area contributed by atoms with E-state index in [1.165, 1.54) is 22.1 Å². The van der Waals surface area contributed by atoms with Crippen LogP contribution < -0.4 is 9.88 Å². The van der Waals surface area contributed by atoms with Crippen molar-refractivity contribution in [1.29, 1.82) is 0 Å². The van der Waals surface area contributed by atoms with Gasteiger partial charge < -0.3 is 10.3 Å². The van der Waals surface area contributed by atoms with Gasteiger partial charge in [-0.2, -0.15) is 0 Å². The van der Waals surface area contributed by atoms with E-state index < -0.39 is 0 Å². The van der Waals surface area contributed by atoms with E-state index in [1.54, 1.807) is 0 Å². The molecule has 0 saturated heterocycles. The zero-order valence-corrected chi connectivity index (χ0v) is 16.0. The molecule has 0 spiro atoms. The van der Waals surface area contributed by atoms with E-state index in [1.807, 2.05) is 42.9 Å². The molecule has 0 unspecified atom stereocenters. The highest BCUT2D eigenvalue weighted by Crippen LogP contribution is 2.17. The van der Waals surface area contributed by atoms with Gasteiger partial charge in [-0.3, -0.25) is 4.79 Å². The van der Waals surface area contributed by atoms with Gasteiger partial charge in [-0.1, -0.05) is 42.0 Å². The van der Waals surface area contributed by atoms with Gasteiger partial charge in [0, 0.05) is 41.3 Å². The zero-order valence-electron chi connectivity index (χ0n) is 16.0. The fourth-order valence-corrected chi connectivity index (χ4v) is 3.49. The minimum Gasteiger partial charge on any atom is -0.361 e. The highest BCUT2D eigenvalue weighted by molar-refractivity contribution is 5.93. The van der Waals surface area contributed by atoms with Gasteiger partial charge in [0.1, 0.15) is 0 Å². The van der Waals surface area contributed by atoms with Crippen LogP contribution in [0.25, 0.3) is 10.9 Å². The van der Waals surface area contributed by atoms with Crippen molar-refractivity contribution < 1.29 is 9.36 Å². The number of amides is 1. The van der Waals surface area contributed by atoms with Crippen molar-refractivity contribution in [1.82, 2.24) is 10.3 Å². The first-order chi connectivity index (χ1) is 13.7. The molecule has 2 aromatic heterocycles. The maximum Gasteiger partial charge on any atom is 0.251 e. The van der Waals surface area contributed by atoms with E-state index >= 15 is 0 Å². The van der Waals surface area contributed by atoms with E-state index in [0.29, 0.717) is 12.1 Å². The van der Waals surface area contributed by atoms with Crippen LogP contribution in [0.5, 0.6) is 0 Å². The van der Waals surface area contributed by atoms with Crippen LogP contribution >= 0.6 is 0 Å². The molecule has 2 aromatic carbocycles. The molecule has 0 atom stereocenters. The molecule has 0 bridgehead atoms. The molecule has 4 nitrogen and oxygen atoms in total. The average molecular weight is 370 g/mol. The third-order valence-corrected chi connectivity index (χ3v) is 4.96. The van der Waals surface area contributed by atoms with Crippen molar-refractivity contribution in [2.75, 3.05) is 6.54 Å². The predicted octanol–water partition coefficient (Wildman–Crippen LogP) is 3.78. The van der Waals surface area contributed by atoms with Crippen molar-refractivity contribution in [3.63, 3.8) is 0 Å². The largest absolute Gasteiger partial charge is 0.361 e. The van der Waals surface area contributed by atoms with E-state index in [0.717, 1.165) is 18.5 Å². The normalized spacial score (nSPS) is 10.9. The van der Waals surface area contributed by atoms with Crippen molar-refractivity contribution in [2.45, 2.75) is 19.9 Å². The van der Waals surface area contributed by atoms with Crippen LogP contribution in [-0.2, 0) is 13.0 Å². The summed E-state index contributed by atoms with van der Waals surface area (Å²) in [7, 11) is 0. The number of pyridine rings is 1. The first kappa shape index (κ1) is 18.0. The standard InChI is InChI=1S/C24H23N3O/c1-18-5-4-6-19(15-18)17-27-13-10-20(11-14-27)24(28)25-12-9-21-16-26-23-8-3-2-7-22(21)23/h2-8,10-11,13-16,26H,9,12,17H2,1H3/p+1. The number of fused-ring (bicyclic) bond motifs is 1. The molecule has 140 valence electrons. The number of aryl methyl sites for hydroxylation is 1. The second kappa shape index (κ2) is 8.09. The summed E-state index contributed by atoms with van der Waals surface area (Å²) in [4.78, 5) is 15.7. The lowest BCUT2D eigenvalue weighted by Gasteiger charge is -2.05. The molecule has 28 heavy (non-hydrogen) atoms. The van der Waals surface area contributed by atoms with E-state index in [-0.39, 0.29) is 5.91 Å². The number of benzene rings is 2. The molecule has 4 heteroatoms. The van der Waals surface area contributed by atoms with Gasteiger partial charge in [0.2, 0.25) is 0 Å². The molecule has 4 aromatic rings. The summed E-state index contributed by atoms with van der Waals surface area (Å²) in [5.41, 5.74) is 5.54. The van der Waals surface area contributed by atoms with Crippen LogP contribution in [0.15, 0.2) is 79.3 Å². The van der Waals surface area contributed by atoms with Crippen molar-refractivity contribution >= 4 is 16.8 Å². The number of hydrogen-bond donors (Lipinski definition) is 2. The summed E-state index contributed by atoms with van der Waals surface area (Å²) in [5, 5.41) is 4.23. The fraction of sp³-hybridized carbons (Fsp3) is 0.167. The Kier molecular flexibility index (Phi) is 5.20. The Balaban J connectivity index is 1.33. The Morgan fingerprint density at radius 3 is 2.68 bits per heavy atom. The number of aromatic amines is 1. The van der Waals surface area contributed by atoms with Crippen molar-refractivity contribution in [3.8, 4) is 0 Å². The molecule has 0 fully saturated rings. The number of nitrogens with one attached hydrogen (secondary N) is 2. The number of H-pyrrole nitrogens is 1. The predicted molar refractivity (Wildman–Crippen MR) is 111 cm³/mol. The lowest BCUT2D eigenvalue weighted by atomic mass is 10.1. The Morgan fingerprint density at radius 1 is 1.04 bits per heavy atom. The SMILES string of the molecule is Cc1cccc(C[n+]2ccc(C(=O)NCCc3c[nH]c4ccccc34)cc2)c1. The van der Waals surface area contributed by atoms with Gasteiger partial charge in [0.15, 0.2) is 18.9 Å². The number of hydrogen-bond acceptors (Lipinski definition) is 1. The van der Waals surface area contributed by atoms with Crippen LogP contribution in [0.4, 0.5) is 0 Å². The zero-order chi connectivity index (χ0) is 19.3. The Bertz CT molecular complexity index is 1100. The van der Waals surface area contributed by atoms with Crippen molar-refractivity contribution in [2.24, 2.45) is 0 Å². The fourth-order valence-electron chi connectivity index (χ4n) is 3.49. The summed E-state index contributed by atoms with van der Waals surface area (Å²) >= 11 is 0. The summed E-state index contributed by atoms with van der Waals surface area (Å²) < 4.78 is 2.08. The smallest absolute Gasteiger partial charge is 0.251 e. The molecule has 2 N–H and O–H groups in total. The molecule has 1 amide bonds. The van der Waals surface area contributed by atoms with Gasteiger partial charge >= 0.3 is 0 Å². The molecule has 0 aliphatic heterocycles. The molecular weight excluding hydrogens is 346 g/mol. The Hall–Kier alpha value is -3.40. The van der Waals surface area contributed by atoms with Crippen LogP contribution in [0.3, 0.4) is 0 Å². The van der Waals surface area contributed by atoms with E-state index in [4.69, 9.17) is 0 Å². The quantitative estimate of drug-likeness (QED) is 0.499. The molecule has 0 aliphatic rings. The highest BCUT2D eigenvalue weighted by atomic mass is 16.1. The second-order valence-corrected chi connectivity index (χ2v) is 7.11. The monoisotopic (exact) mass is 370 g/mol. The van der Waals surface area contributed by atoms with Gasteiger partial charge in [-0.15, -0.1) is 0 Å². The number of rotatable bonds is 6. The third-order valence-electron chi connectivity index (χ3n) is 4.96. The molecular formula is C24H24N3O+. The van der Waals surface area contributed by atoms with E-state index in [2.05, 4.69) is 58.2 Å². The van der Waals surface area contributed by atoms with Crippen LogP contribution in [0.1, 0.15) is 27.0 Å². The molecule has 2 heterocycles. The number of carbonyl (C=O) groups excluding carboxylic acids is 1. The lowest BCUT2D eigenvalue weighted by Crippen LogP contribution is -2.34. The highest BCUT2D eigenvalue weighted by Gasteiger charge is 2.09. The summed E-state index contributed by atoms with van der Waals surface area (Å²) in [6.07, 6.45) is 6.73. The minimum atomic E-state index is -0.0393. The van der Waals surface area contributed by atoms with Crippen molar-refractivity contribution in [3.05, 3.63) is 102 Å². The summed E-state index contributed by atoms with van der Waals surface area (Å²) in [5.74, 6) is -0.0393. The summed E-state index contributed by atoms with van der Waals surface area (Å²) in [6.45, 7) is 3.50. The van der Waals surface area contributed by atoms with Gasteiger partial charge in [-0.05, 0) is 31.0 Å². The number of carbonyl (C=O) groups is 1. The van der Waals surface area contributed by atoms with Gasteiger partial charge in [0.05, 0.1) is 5.56 Å². The Labute approximate surface area is 164 Å². The molecule has 0 saturated carbocycles. The lowest BCUT2D eigenvalue weighted by molar-refractivity contribution is -0.688. The molecule has 0 radical (unpaired) electrons. The second-order valence-electron chi connectivity index (χ2n) is 7.11. The maximum atomic E-state index is 12.4. The average Bonchev–Trinajstić information content (AvgIpc) is 3.12.